The van der Waals surface area contributed by atoms with E-state index < -0.39 is 5.41 Å². The summed E-state index contributed by atoms with van der Waals surface area (Å²) in [6.45, 7) is 3.88. The van der Waals surface area contributed by atoms with Gasteiger partial charge in [0.25, 0.3) is 0 Å². The van der Waals surface area contributed by atoms with Gasteiger partial charge in [-0.05, 0) is 38.3 Å². The standard InChI is InChI=1S/C23H30O4/c1-3-4-6-13-19(27-22(26)18-11-7-5-8-12-18)14-9-10-17-23(2)20(24)15-16-21(23)25/h5,7-12,19H,3-4,6,13-17H2,1-2H3/b10-9+. The van der Waals surface area contributed by atoms with E-state index in [0.717, 1.165) is 25.7 Å². The van der Waals surface area contributed by atoms with Crippen molar-refractivity contribution in [2.24, 2.45) is 5.41 Å². The fraction of sp³-hybridized carbons (Fsp3) is 0.522. The number of allylic oxidation sites excluding steroid dienone is 1. The van der Waals surface area contributed by atoms with Crippen LogP contribution in [0, 0.1) is 5.41 Å². The third-order valence-corrected chi connectivity index (χ3v) is 5.31. The van der Waals surface area contributed by atoms with Crippen LogP contribution >= 0.6 is 0 Å². The molecule has 0 radical (unpaired) electrons. The molecule has 0 heterocycles. The van der Waals surface area contributed by atoms with Gasteiger partial charge in [0.2, 0.25) is 0 Å². The lowest BCUT2D eigenvalue weighted by atomic mass is 9.83. The summed E-state index contributed by atoms with van der Waals surface area (Å²) in [5, 5.41) is 0. The highest BCUT2D eigenvalue weighted by atomic mass is 16.5. The Morgan fingerprint density at radius 3 is 2.41 bits per heavy atom. The van der Waals surface area contributed by atoms with Crippen LogP contribution in [0.4, 0.5) is 0 Å². The van der Waals surface area contributed by atoms with Crippen molar-refractivity contribution in [1.82, 2.24) is 0 Å². The van der Waals surface area contributed by atoms with E-state index in [2.05, 4.69) is 6.92 Å². The summed E-state index contributed by atoms with van der Waals surface area (Å²) >= 11 is 0. The molecule has 4 nitrogen and oxygen atoms in total. The lowest BCUT2D eigenvalue weighted by Crippen LogP contribution is -2.28. The van der Waals surface area contributed by atoms with Gasteiger partial charge < -0.3 is 4.74 Å². The predicted molar refractivity (Wildman–Crippen MR) is 106 cm³/mol. The molecular formula is C23H30O4. The Kier molecular flexibility index (Phi) is 7.96. The third-order valence-electron chi connectivity index (χ3n) is 5.31. The van der Waals surface area contributed by atoms with E-state index >= 15 is 0 Å². The molecule has 1 fully saturated rings. The van der Waals surface area contributed by atoms with E-state index in [1.54, 1.807) is 19.1 Å². The van der Waals surface area contributed by atoms with Gasteiger partial charge >= 0.3 is 5.97 Å². The molecule has 0 aromatic heterocycles. The van der Waals surface area contributed by atoms with Crippen LogP contribution in [0.15, 0.2) is 42.5 Å². The van der Waals surface area contributed by atoms with E-state index in [4.69, 9.17) is 4.74 Å². The largest absolute Gasteiger partial charge is 0.458 e. The first-order chi connectivity index (χ1) is 13.0. The molecule has 1 aromatic rings. The van der Waals surface area contributed by atoms with Crippen LogP contribution in [0.3, 0.4) is 0 Å². The van der Waals surface area contributed by atoms with Gasteiger partial charge in [0.1, 0.15) is 17.7 Å². The van der Waals surface area contributed by atoms with Crippen LogP contribution in [0.25, 0.3) is 0 Å². The van der Waals surface area contributed by atoms with Gasteiger partial charge in [0.15, 0.2) is 0 Å². The Balaban J connectivity index is 1.92. The molecule has 0 aliphatic heterocycles. The highest BCUT2D eigenvalue weighted by Gasteiger charge is 2.43. The predicted octanol–water partition coefficient (Wildman–Crippen LogP) is 5.07. The summed E-state index contributed by atoms with van der Waals surface area (Å²) in [6, 6.07) is 9.00. The molecule has 1 unspecified atom stereocenters. The Morgan fingerprint density at radius 1 is 1.11 bits per heavy atom. The SMILES string of the molecule is CCCCCC(C/C=C/CC1(C)C(=O)CCC1=O)OC(=O)c1ccccc1. The average Bonchev–Trinajstić information content (AvgIpc) is 2.93. The smallest absolute Gasteiger partial charge is 0.338 e. The first-order valence-electron chi connectivity index (χ1n) is 9.95. The number of ketones is 2. The number of hydrogen-bond donors (Lipinski definition) is 0. The monoisotopic (exact) mass is 370 g/mol. The van der Waals surface area contributed by atoms with Crippen molar-refractivity contribution in [3.8, 4) is 0 Å². The van der Waals surface area contributed by atoms with Gasteiger partial charge in [-0.15, -0.1) is 0 Å². The topological polar surface area (TPSA) is 60.4 Å². The molecule has 1 aliphatic rings. The number of carbonyl (C=O) groups is 3. The first kappa shape index (κ1) is 21.1. The minimum absolute atomic E-state index is 0.0344. The fourth-order valence-corrected chi connectivity index (χ4v) is 3.37. The summed E-state index contributed by atoms with van der Waals surface area (Å²) in [4.78, 5) is 36.3. The summed E-state index contributed by atoms with van der Waals surface area (Å²) in [5.41, 5.74) is -0.314. The van der Waals surface area contributed by atoms with E-state index in [9.17, 15) is 14.4 Å². The Labute approximate surface area is 162 Å². The van der Waals surface area contributed by atoms with Crippen molar-refractivity contribution < 1.29 is 19.1 Å². The molecule has 1 atom stereocenters. The van der Waals surface area contributed by atoms with Crippen molar-refractivity contribution in [3.05, 3.63) is 48.0 Å². The summed E-state index contributed by atoms with van der Waals surface area (Å²) in [6.07, 6.45) is 9.42. The van der Waals surface area contributed by atoms with Crippen LogP contribution in [0.2, 0.25) is 0 Å². The molecule has 27 heavy (non-hydrogen) atoms. The van der Waals surface area contributed by atoms with E-state index in [-0.39, 0.29) is 23.6 Å². The second-order valence-electron chi connectivity index (χ2n) is 7.48. The number of unbranched alkanes of at least 4 members (excludes halogenated alkanes) is 2. The second kappa shape index (κ2) is 10.2. The van der Waals surface area contributed by atoms with Crippen molar-refractivity contribution in [2.75, 3.05) is 0 Å². The van der Waals surface area contributed by atoms with Gasteiger partial charge in [-0.25, -0.2) is 4.79 Å². The van der Waals surface area contributed by atoms with Crippen LogP contribution in [-0.4, -0.2) is 23.6 Å². The molecule has 146 valence electrons. The van der Waals surface area contributed by atoms with E-state index in [0.29, 0.717) is 31.2 Å². The maximum Gasteiger partial charge on any atom is 0.338 e. The molecule has 4 heteroatoms. The van der Waals surface area contributed by atoms with Crippen molar-refractivity contribution in [1.29, 1.82) is 0 Å². The molecule has 1 saturated carbocycles. The number of Topliss-reactive ketones (excluding diaryl/α,β-unsaturated/α-hetero) is 2. The molecule has 0 N–H and O–H groups in total. The van der Waals surface area contributed by atoms with Crippen molar-refractivity contribution in [3.63, 3.8) is 0 Å². The normalized spacial score (nSPS) is 17.4. The minimum Gasteiger partial charge on any atom is -0.458 e. The van der Waals surface area contributed by atoms with Crippen LogP contribution in [-0.2, 0) is 14.3 Å². The van der Waals surface area contributed by atoms with Crippen molar-refractivity contribution in [2.45, 2.75) is 71.3 Å². The van der Waals surface area contributed by atoms with Gasteiger partial charge in [0.05, 0.1) is 11.0 Å². The lowest BCUT2D eigenvalue weighted by Gasteiger charge is -2.18. The van der Waals surface area contributed by atoms with Crippen LogP contribution in [0.1, 0.15) is 75.6 Å². The van der Waals surface area contributed by atoms with Gasteiger partial charge in [-0.1, -0.05) is 50.1 Å². The molecular weight excluding hydrogens is 340 g/mol. The number of esters is 1. The van der Waals surface area contributed by atoms with Gasteiger partial charge in [-0.2, -0.15) is 0 Å². The zero-order valence-corrected chi connectivity index (χ0v) is 16.4. The summed E-state index contributed by atoms with van der Waals surface area (Å²) in [7, 11) is 0. The van der Waals surface area contributed by atoms with Crippen LogP contribution in [0.5, 0.6) is 0 Å². The van der Waals surface area contributed by atoms with Crippen LogP contribution < -0.4 is 0 Å². The molecule has 1 aliphatic carbocycles. The number of rotatable bonds is 10. The molecule has 0 bridgehead atoms. The van der Waals surface area contributed by atoms with E-state index in [1.165, 1.54) is 0 Å². The molecule has 1 aromatic carbocycles. The quantitative estimate of drug-likeness (QED) is 0.250. The number of hydrogen-bond acceptors (Lipinski definition) is 4. The number of benzene rings is 1. The highest BCUT2D eigenvalue weighted by molar-refractivity contribution is 6.12. The van der Waals surface area contributed by atoms with Gasteiger partial charge in [0, 0.05) is 19.3 Å². The number of ether oxygens (including phenoxy) is 1. The Morgan fingerprint density at radius 2 is 1.78 bits per heavy atom. The Bertz CT molecular complexity index is 659. The lowest BCUT2D eigenvalue weighted by molar-refractivity contribution is -0.133. The van der Waals surface area contributed by atoms with E-state index in [1.807, 2.05) is 30.4 Å². The molecule has 0 amide bonds. The summed E-state index contributed by atoms with van der Waals surface area (Å²) < 4.78 is 5.70. The van der Waals surface area contributed by atoms with Gasteiger partial charge in [-0.3, -0.25) is 9.59 Å². The maximum atomic E-state index is 12.3. The average molecular weight is 370 g/mol. The zero-order chi connectivity index (χ0) is 19.7. The van der Waals surface area contributed by atoms with Crippen molar-refractivity contribution >= 4 is 17.5 Å². The number of carbonyl (C=O) groups excluding carboxylic acids is 3. The Hall–Kier alpha value is -2.23. The zero-order valence-electron chi connectivity index (χ0n) is 16.4. The fourth-order valence-electron chi connectivity index (χ4n) is 3.37. The molecule has 2 rings (SSSR count). The molecule has 0 spiro atoms. The first-order valence-corrected chi connectivity index (χ1v) is 9.95. The minimum atomic E-state index is -0.866. The maximum absolute atomic E-state index is 12.3. The molecule has 0 saturated heterocycles. The highest BCUT2D eigenvalue weighted by Crippen LogP contribution is 2.34. The second-order valence-corrected chi connectivity index (χ2v) is 7.48. The summed E-state index contributed by atoms with van der Waals surface area (Å²) in [5.74, 6) is -0.238. The third kappa shape index (κ3) is 5.88.